The SMILES string of the molecule is CCCCCCCCC(CC)OC(=O)CCCCCCCN(CCCCCCCC(=O)O)CCCn1ccnc1. The van der Waals surface area contributed by atoms with Gasteiger partial charge in [-0.3, -0.25) is 9.59 Å². The molecule has 1 aromatic heterocycles. The molecular weight excluding hydrogens is 502 g/mol. The fraction of sp³-hybridized carbons (Fsp3) is 0.848. The van der Waals surface area contributed by atoms with Gasteiger partial charge in [0.25, 0.3) is 0 Å². The van der Waals surface area contributed by atoms with Crippen molar-refractivity contribution in [3.05, 3.63) is 18.7 Å². The van der Waals surface area contributed by atoms with Gasteiger partial charge in [0.15, 0.2) is 0 Å². The van der Waals surface area contributed by atoms with Crippen molar-refractivity contribution < 1.29 is 19.4 Å². The van der Waals surface area contributed by atoms with Crippen LogP contribution in [0.4, 0.5) is 0 Å². The molecule has 0 spiro atoms. The van der Waals surface area contributed by atoms with Crippen molar-refractivity contribution in [2.45, 2.75) is 161 Å². The molecule has 0 aliphatic heterocycles. The van der Waals surface area contributed by atoms with Gasteiger partial charge in [-0.2, -0.15) is 0 Å². The number of imidazole rings is 1. The van der Waals surface area contributed by atoms with Crippen molar-refractivity contribution in [1.82, 2.24) is 14.5 Å². The molecule has 0 saturated heterocycles. The van der Waals surface area contributed by atoms with Gasteiger partial charge in [-0.05, 0) is 71.0 Å². The molecule has 232 valence electrons. The first-order valence-corrected chi connectivity index (χ1v) is 16.6. The molecular formula is C33H61N3O4. The van der Waals surface area contributed by atoms with Gasteiger partial charge in [0.05, 0.1) is 6.33 Å². The van der Waals surface area contributed by atoms with Gasteiger partial charge in [-0.25, -0.2) is 4.98 Å². The number of aryl methyl sites for hydroxylation is 1. The predicted molar refractivity (Wildman–Crippen MR) is 164 cm³/mol. The van der Waals surface area contributed by atoms with Crippen LogP contribution in [0.15, 0.2) is 18.7 Å². The van der Waals surface area contributed by atoms with Crippen LogP contribution >= 0.6 is 0 Å². The van der Waals surface area contributed by atoms with Crippen molar-refractivity contribution in [3.63, 3.8) is 0 Å². The fourth-order valence-electron chi connectivity index (χ4n) is 5.25. The summed E-state index contributed by atoms with van der Waals surface area (Å²) >= 11 is 0. The molecule has 7 heteroatoms. The second-order valence-corrected chi connectivity index (χ2v) is 11.5. The van der Waals surface area contributed by atoms with Gasteiger partial charge >= 0.3 is 11.9 Å². The third kappa shape index (κ3) is 21.9. The molecule has 0 amide bonds. The van der Waals surface area contributed by atoms with E-state index in [1.54, 1.807) is 0 Å². The summed E-state index contributed by atoms with van der Waals surface area (Å²) in [4.78, 5) is 29.7. The summed E-state index contributed by atoms with van der Waals surface area (Å²) in [6.45, 7) is 8.71. The Bertz CT molecular complexity index is 711. The number of carboxylic acids is 1. The Morgan fingerprint density at radius 1 is 0.775 bits per heavy atom. The van der Waals surface area contributed by atoms with Crippen LogP contribution in [0, 0.1) is 0 Å². The number of hydrogen-bond acceptors (Lipinski definition) is 5. The predicted octanol–water partition coefficient (Wildman–Crippen LogP) is 8.41. The maximum atomic E-state index is 12.3. The van der Waals surface area contributed by atoms with E-state index in [4.69, 9.17) is 9.84 Å². The average molecular weight is 564 g/mol. The number of rotatable bonds is 29. The van der Waals surface area contributed by atoms with Gasteiger partial charge in [0.2, 0.25) is 0 Å². The molecule has 0 radical (unpaired) electrons. The smallest absolute Gasteiger partial charge is 0.306 e. The van der Waals surface area contributed by atoms with Crippen LogP contribution in [0.2, 0.25) is 0 Å². The Morgan fingerprint density at radius 3 is 1.95 bits per heavy atom. The zero-order valence-electron chi connectivity index (χ0n) is 26.0. The number of esters is 1. The summed E-state index contributed by atoms with van der Waals surface area (Å²) in [5.74, 6) is -0.696. The number of hydrogen-bond donors (Lipinski definition) is 1. The zero-order valence-corrected chi connectivity index (χ0v) is 26.0. The molecule has 0 aliphatic rings. The quantitative estimate of drug-likeness (QED) is 0.0778. The van der Waals surface area contributed by atoms with Crippen LogP contribution in [0.25, 0.3) is 0 Å². The first-order valence-electron chi connectivity index (χ1n) is 16.6. The Kier molecular flexibility index (Phi) is 23.5. The third-order valence-corrected chi connectivity index (χ3v) is 7.80. The monoisotopic (exact) mass is 563 g/mol. The van der Waals surface area contributed by atoms with E-state index in [0.717, 1.165) is 77.5 Å². The number of ether oxygens (including phenoxy) is 1. The van der Waals surface area contributed by atoms with Crippen LogP contribution in [0.1, 0.15) is 149 Å². The second-order valence-electron chi connectivity index (χ2n) is 11.5. The standard InChI is InChI=1S/C33H61N3O4/c1-3-5-6-7-10-15-21-31(4-2)40-33(39)23-17-12-9-14-19-26-35(27-20-28-36-29-24-34-30-36)25-18-13-8-11-16-22-32(37)38/h24,29-31H,3-23,25-28H2,1-2H3,(H,37,38). The fourth-order valence-corrected chi connectivity index (χ4v) is 5.25. The molecule has 1 unspecified atom stereocenters. The minimum Gasteiger partial charge on any atom is -0.481 e. The first-order chi connectivity index (χ1) is 19.5. The number of carbonyl (C=O) groups is 2. The molecule has 0 bridgehead atoms. The number of aliphatic carboxylic acids is 1. The average Bonchev–Trinajstić information content (AvgIpc) is 3.46. The minimum absolute atomic E-state index is 0.00939. The van der Waals surface area contributed by atoms with Crippen LogP contribution in [0.5, 0.6) is 0 Å². The Hall–Kier alpha value is -1.89. The number of carbonyl (C=O) groups excluding carboxylic acids is 1. The second kappa shape index (κ2) is 26.0. The van der Waals surface area contributed by atoms with Crippen LogP contribution in [0.3, 0.4) is 0 Å². The maximum absolute atomic E-state index is 12.3. The number of unbranched alkanes of at least 4 members (excludes halogenated alkanes) is 13. The van der Waals surface area contributed by atoms with E-state index >= 15 is 0 Å². The Labute approximate surface area is 245 Å². The van der Waals surface area contributed by atoms with Gasteiger partial charge in [0.1, 0.15) is 6.10 Å². The topological polar surface area (TPSA) is 84.7 Å². The van der Waals surface area contributed by atoms with E-state index in [1.807, 2.05) is 18.7 Å². The van der Waals surface area contributed by atoms with Crippen molar-refractivity contribution in [3.8, 4) is 0 Å². The molecule has 0 saturated carbocycles. The lowest BCUT2D eigenvalue weighted by molar-refractivity contribution is -0.149. The Balaban J connectivity index is 2.15. The summed E-state index contributed by atoms with van der Waals surface area (Å²) in [6, 6.07) is 0. The number of carboxylic acid groups (broad SMARTS) is 1. The molecule has 0 aromatic carbocycles. The first kappa shape index (κ1) is 36.1. The highest BCUT2D eigenvalue weighted by atomic mass is 16.5. The van der Waals surface area contributed by atoms with Crippen LogP contribution < -0.4 is 0 Å². The van der Waals surface area contributed by atoms with Crippen LogP contribution in [-0.4, -0.2) is 57.2 Å². The van der Waals surface area contributed by atoms with E-state index < -0.39 is 5.97 Å². The van der Waals surface area contributed by atoms with Crippen molar-refractivity contribution in [2.75, 3.05) is 19.6 Å². The lowest BCUT2D eigenvalue weighted by atomic mass is 10.1. The van der Waals surface area contributed by atoms with Gasteiger partial charge in [0, 0.05) is 31.8 Å². The lowest BCUT2D eigenvalue weighted by Gasteiger charge is -2.22. The number of aromatic nitrogens is 2. The highest BCUT2D eigenvalue weighted by molar-refractivity contribution is 5.69. The molecule has 1 atom stereocenters. The van der Waals surface area contributed by atoms with Crippen molar-refractivity contribution >= 4 is 11.9 Å². The largest absolute Gasteiger partial charge is 0.481 e. The van der Waals surface area contributed by atoms with E-state index in [-0.39, 0.29) is 12.1 Å². The van der Waals surface area contributed by atoms with E-state index in [0.29, 0.717) is 12.8 Å². The molecule has 7 nitrogen and oxygen atoms in total. The summed E-state index contributed by atoms with van der Waals surface area (Å²) < 4.78 is 7.89. The van der Waals surface area contributed by atoms with E-state index in [9.17, 15) is 9.59 Å². The van der Waals surface area contributed by atoms with Gasteiger partial charge in [-0.1, -0.05) is 84.5 Å². The summed E-state index contributed by atoms with van der Waals surface area (Å²) in [5.41, 5.74) is 0. The molecule has 1 rings (SSSR count). The summed E-state index contributed by atoms with van der Waals surface area (Å²) in [5, 5.41) is 8.77. The lowest BCUT2D eigenvalue weighted by Crippen LogP contribution is -2.28. The molecule has 1 aromatic rings. The van der Waals surface area contributed by atoms with Gasteiger partial charge in [-0.15, -0.1) is 0 Å². The molecule has 1 N–H and O–H groups in total. The Morgan fingerprint density at radius 2 is 1.35 bits per heavy atom. The molecule has 0 fully saturated rings. The molecule has 0 aliphatic carbocycles. The molecule has 1 heterocycles. The number of nitrogens with zero attached hydrogens (tertiary/aromatic N) is 3. The molecule has 40 heavy (non-hydrogen) atoms. The third-order valence-electron chi connectivity index (χ3n) is 7.80. The normalized spacial score (nSPS) is 12.2. The van der Waals surface area contributed by atoms with Crippen LogP contribution in [-0.2, 0) is 20.9 Å². The van der Waals surface area contributed by atoms with Gasteiger partial charge < -0.3 is 19.3 Å². The van der Waals surface area contributed by atoms with E-state index in [1.165, 1.54) is 70.6 Å². The minimum atomic E-state index is -0.687. The van der Waals surface area contributed by atoms with Crippen molar-refractivity contribution in [1.29, 1.82) is 0 Å². The highest BCUT2D eigenvalue weighted by Crippen LogP contribution is 2.15. The zero-order chi connectivity index (χ0) is 29.1. The van der Waals surface area contributed by atoms with E-state index in [2.05, 4.69) is 28.3 Å². The maximum Gasteiger partial charge on any atom is 0.306 e. The summed E-state index contributed by atoms with van der Waals surface area (Å²) in [6.07, 6.45) is 28.3. The highest BCUT2D eigenvalue weighted by Gasteiger charge is 2.12. The van der Waals surface area contributed by atoms with Crippen molar-refractivity contribution in [2.24, 2.45) is 0 Å². The summed E-state index contributed by atoms with van der Waals surface area (Å²) in [7, 11) is 0.